The number of esters is 1. The molecule has 44 heavy (non-hydrogen) atoms. The number of nitrogens with zero attached hydrogens (tertiary/aromatic N) is 4. The average molecular weight is 650 g/mol. The smallest absolute Gasteiger partial charge is 0.340 e. The lowest BCUT2D eigenvalue weighted by Gasteiger charge is -2.13. The summed E-state index contributed by atoms with van der Waals surface area (Å²) in [6, 6.07) is 10.1. The van der Waals surface area contributed by atoms with Gasteiger partial charge >= 0.3 is 5.97 Å². The minimum absolute atomic E-state index is 0.0735. The molecule has 0 atom stereocenters. The van der Waals surface area contributed by atoms with E-state index in [-0.39, 0.29) is 57.8 Å². The van der Waals surface area contributed by atoms with Crippen molar-refractivity contribution in [1.29, 1.82) is 0 Å². The molecule has 0 spiro atoms. The number of aliphatic hydroxyl groups excluding tert-OH is 1. The summed E-state index contributed by atoms with van der Waals surface area (Å²) in [4.78, 5) is 11.3. The first-order chi connectivity index (χ1) is 20.7. The van der Waals surface area contributed by atoms with E-state index < -0.39 is 43.1 Å². The van der Waals surface area contributed by atoms with Crippen molar-refractivity contribution in [3.8, 4) is 5.75 Å². The average Bonchev–Trinajstić information content (AvgIpc) is 2.96. The van der Waals surface area contributed by atoms with E-state index in [1.807, 2.05) is 0 Å². The van der Waals surface area contributed by atoms with E-state index in [9.17, 15) is 26.2 Å². The van der Waals surface area contributed by atoms with Crippen LogP contribution < -0.4 is 21.5 Å². The van der Waals surface area contributed by atoms with Gasteiger partial charge in [0.15, 0.2) is 9.84 Å². The van der Waals surface area contributed by atoms with Crippen molar-refractivity contribution in [3.05, 3.63) is 53.6 Å². The maximum absolute atomic E-state index is 12.1. The molecule has 0 amide bonds. The fourth-order valence-corrected chi connectivity index (χ4v) is 5.34. The van der Waals surface area contributed by atoms with E-state index >= 15 is 0 Å². The van der Waals surface area contributed by atoms with E-state index in [1.54, 1.807) is 31.2 Å². The van der Waals surface area contributed by atoms with Crippen LogP contribution in [0.4, 0.5) is 39.8 Å². The van der Waals surface area contributed by atoms with Crippen molar-refractivity contribution in [1.82, 2.24) is 0 Å². The lowest BCUT2D eigenvalue weighted by atomic mass is 10.1. The van der Waals surface area contributed by atoms with Crippen molar-refractivity contribution in [2.45, 2.75) is 11.8 Å². The molecule has 0 aliphatic rings. The van der Waals surface area contributed by atoms with Crippen LogP contribution in [0.15, 0.2) is 67.8 Å². The molecule has 0 aromatic heterocycles. The number of ether oxygens (including phenoxy) is 2. The molecule has 0 unspecified atom stereocenters. The Morgan fingerprint density at radius 3 is 2.20 bits per heavy atom. The molecule has 0 fully saturated rings. The largest absolute Gasteiger partial charge is 0.494 e. The normalized spacial score (nSPS) is 12.1. The Bertz CT molecular complexity index is 1830. The van der Waals surface area contributed by atoms with Crippen molar-refractivity contribution < 1.29 is 40.8 Å². The van der Waals surface area contributed by atoms with E-state index in [2.05, 4.69) is 25.8 Å². The van der Waals surface area contributed by atoms with Crippen LogP contribution in [0.1, 0.15) is 15.9 Å². The molecule has 3 rings (SSSR count). The summed E-state index contributed by atoms with van der Waals surface area (Å²) in [5.74, 6) is -1.02. The lowest BCUT2D eigenvalue weighted by molar-refractivity contribution is 0.0601. The highest BCUT2D eigenvalue weighted by atomic mass is 32.2. The molecular weight excluding hydrogens is 618 g/mol. The third-order valence-corrected chi connectivity index (χ3v) is 8.61. The quantitative estimate of drug-likeness (QED) is 0.0765. The van der Waals surface area contributed by atoms with Crippen LogP contribution in [0.25, 0.3) is 0 Å². The number of sulfone groups is 1. The number of carbonyl (C=O) groups is 1. The predicted molar refractivity (Wildman–Crippen MR) is 163 cm³/mol. The topological polar surface area (TPSA) is 258 Å². The van der Waals surface area contributed by atoms with Gasteiger partial charge in [-0.3, -0.25) is 4.55 Å². The van der Waals surface area contributed by atoms with Gasteiger partial charge in [0.1, 0.15) is 33.4 Å². The van der Waals surface area contributed by atoms with Crippen LogP contribution >= 0.6 is 0 Å². The number of benzene rings is 3. The van der Waals surface area contributed by atoms with Gasteiger partial charge in [-0.25, -0.2) is 13.2 Å². The standard InChI is InChI=1S/C26H31N7O9S2/c1-15-12-19(21(41-2)13-18(15)29-8-10-43(36,37)11-9-34)31-33-25-23(27)20(14-22(24(25)28)44(38,39)40)32-30-17-7-5-4-6-16(17)26(35)42-3/h4-7,12-14,29,34H,8-11,27-28H2,1-3H3,(H,38,39,40). The van der Waals surface area contributed by atoms with Crippen LogP contribution in [-0.2, 0) is 24.7 Å². The molecule has 7 N–H and O–H groups in total. The Morgan fingerprint density at radius 2 is 1.57 bits per heavy atom. The molecule has 18 heteroatoms. The number of aliphatic hydroxyl groups is 1. The Balaban J connectivity index is 2.03. The van der Waals surface area contributed by atoms with Crippen LogP contribution in [-0.4, -0.2) is 71.3 Å². The summed E-state index contributed by atoms with van der Waals surface area (Å²) in [5, 5.41) is 28.0. The summed E-state index contributed by atoms with van der Waals surface area (Å²) in [5.41, 5.74) is 12.4. The minimum Gasteiger partial charge on any atom is -0.494 e. The summed E-state index contributed by atoms with van der Waals surface area (Å²) in [7, 11) is -5.75. The van der Waals surface area contributed by atoms with Gasteiger partial charge in [0.2, 0.25) is 0 Å². The second-order valence-corrected chi connectivity index (χ2v) is 12.8. The van der Waals surface area contributed by atoms with Gasteiger partial charge in [-0.15, -0.1) is 20.5 Å². The highest BCUT2D eigenvalue weighted by Crippen LogP contribution is 2.44. The van der Waals surface area contributed by atoms with Crippen molar-refractivity contribution in [2.24, 2.45) is 20.5 Å². The van der Waals surface area contributed by atoms with Gasteiger partial charge in [0.25, 0.3) is 10.1 Å². The van der Waals surface area contributed by atoms with Gasteiger partial charge in [-0.05, 0) is 36.8 Å². The molecule has 0 heterocycles. The van der Waals surface area contributed by atoms with Crippen LogP contribution in [0.3, 0.4) is 0 Å². The Kier molecular flexibility index (Phi) is 10.9. The highest BCUT2D eigenvalue weighted by molar-refractivity contribution is 7.91. The number of rotatable bonds is 13. The lowest BCUT2D eigenvalue weighted by Crippen LogP contribution is -2.20. The fourth-order valence-electron chi connectivity index (χ4n) is 3.81. The molecule has 0 saturated carbocycles. The minimum atomic E-state index is -4.88. The van der Waals surface area contributed by atoms with E-state index in [4.69, 9.17) is 26.0 Å². The second-order valence-electron chi connectivity index (χ2n) is 9.09. The number of anilines is 3. The summed E-state index contributed by atoms with van der Waals surface area (Å²) in [6.45, 7) is 1.32. The van der Waals surface area contributed by atoms with Gasteiger partial charge in [0.05, 0.1) is 49.3 Å². The Morgan fingerprint density at radius 1 is 0.909 bits per heavy atom. The summed E-state index contributed by atoms with van der Waals surface area (Å²) in [6.07, 6.45) is 0. The zero-order chi connectivity index (χ0) is 32.7. The third-order valence-electron chi connectivity index (χ3n) is 6.09. The molecule has 16 nitrogen and oxygen atoms in total. The maximum Gasteiger partial charge on any atom is 0.340 e. The Hall–Kier alpha value is -4.65. The van der Waals surface area contributed by atoms with Gasteiger partial charge in [-0.2, -0.15) is 8.42 Å². The third kappa shape index (κ3) is 8.25. The van der Waals surface area contributed by atoms with Crippen LogP contribution in [0, 0.1) is 6.92 Å². The number of nitrogens with one attached hydrogen (secondary N) is 1. The van der Waals surface area contributed by atoms with Gasteiger partial charge in [-0.1, -0.05) is 12.1 Å². The molecule has 3 aromatic carbocycles. The molecule has 0 saturated heterocycles. The number of hydrogen-bond acceptors (Lipinski definition) is 15. The fraction of sp³-hybridized carbons (Fsp3) is 0.269. The number of nitrogen functional groups attached to an aromatic ring is 2. The number of nitrogens with two attached hydrogens (primary N) is 2. The SMILES string of the molecule is COC(=O)c1ccccc1N=Nc1cc(S(=O)(=O)O)c(N)c(N=Nc2cc(C)c(NCCS(=O)(=O)CCO)cc2OC)c1N. The molecule has 0 bridgehead atoms. The number of carbonyl (C=O) groups excluding carboxylic acids is 1. The van der Waals surface area contributed by atoms with Crippen LogP contribution in [0.5, 0.6) is 5.75 Å². The molecule has 236 valence electrons. The first kappa shape index (κ1) is 33.8. The molecule has 0 radical (unpaired) electrons. The highest BCUT2D eigenvalue weighted by Gasteiger charge is 2.23. The molecule has 0 aliphatic heterocycles. The van der Waals surface area contributed by atoms with Crippen molar-refractivity contribution >= 4 is 65.7 Å². The predicted octanol–water partition coefficient (Wildman–Crippen LogP) is 3.85. The monoisotopic (exact) mass is 649 g/mol. The van der Waals surface area contributed by atoms with E-state index in [0.717, 1.165) is 6.07 Å². The molecular formula is C26H31N7O9S2. The first-order valence-corrected chi connectivity index (χ1v) is 15.9. The van der Waals surface area contributed by atoms with Gasteiger partial charge < -0.3 is 31.4 Å². The number of aryl methyl sites for hydroxylation is 1. The van der Waals surface area contributed by atoms with E-state index in [0.29, 0.717) is 11.3 Å². The number of methoxy groups -OCH3 is 2. The maximum atomic E-state index is 12.1. The zero-order valence-corrected chi connectivity index (χ0v) is 25.5. The summed E-state index contributed by atoms with van der Waals surface area (Å²) >= 11 is 0. The molecule has 0 aliphatic carbocycles. The first-order valence-electron chi connectivity index (χ1n) is 12.7. The van der Waals surface area contributed by atoms with Crippen molar-refractivity contribution in [2.75, 3.05) is 55.7 Å². The Labute approximate surface area is 253 Å². The number of azo groups is 2. The van der Waals surface area contributed by atoms with Crippen molar-refractivity contribution in [3.63, 3.8) is 0 Å². The molecule has 3 aromatic rings. The zero-order valence-electron chi connectivity index (χ0n) is 23.9. The summed E-state index contributed by atoms with van der Waals surface area (Å²) < 4.78 is 67.9. The number of hydrogen-bond donors (Lipinski definition) is 5. The second kappa shape index (κ2) is 14.2. The van der Waals surface area contributed by atoms with Crippen LogP contribution in [0.2, 0.25) is 0 Å². The van der Waals surface area contributed by atoms with E-state index in [1.165, 1.54) is 26.4 Å². The van der Waals surface area contributed by atoms with Gasteiger partial charge in [0, 0.05) is 18.3 Å².